The van der Waals surface area contributed by atoms with E-state index in [1.54, 1.807) is 31.3 Å². The van der Waals surface area contributed by atoms with E-state index >= 15 is 0 Å². The van der Waals surface area contributed by atoms with Gasteiger partial charge in [-0.15, -0.1) is 0 Å². The minimum Gasteiger partial charge on any atom is -0.422 e. The number of carbonyl (C=O) groups is 1. The molecule has 0 aliphatic heterocycles. The van der Waals surface area contributed by atoms with Crippen LogP contribution in [-0.4, -0.2) is 15.7 Å². The van der Waals surface area contributed by atoms with Gasteiger partial charge in [-0.3, -0.25) is 9.48 Å². The lowest BCUT2D eigenvalue weighted by Crippen LogP contribution is -2.22. The number of aromatic nitrogens is 2. The number of fused-ring (bicyclic) bond motifs is 1. The van der Waals surface area contributed by atoms with Crippen LogP contribution in [0.2, 0.25) is 0 Å². The molecule has 0 saturated heterocycles. The van der Waals surface area contributed by atoms with Crippen molar-refractivity contribution >= 4 is 22.7 Å². The number of anilines is 1. The standard InChI is InChI=1S/C15H10N4O3/c1-19-13(10(7-16)8-17-19)18-14(20)11-6-9-4-2-3-5-12(9)22-15(11)21/h2-6,8H,1H3,(H,18,20). The molecular formula is C15H10N4O3. The van der Waals surface area contributed by atoms with Crippen LogP contribution in [0.15, 0.2) is 45.7 Å². The third-order valence-electron chi connectivity index (χ3n) is 3.18. The van der Waals surface area contributed by atoms with Gasteiger partial charge in [0.2, 0.25) is 0 Å². The minimum absolute atomic E-state index is 0.135. The molecule has 2 heterocycles. The first-order chi connectivity index (χ1) is 10.6. The van der Waals surface area contributed by atoms with Crippen molar-refractivity contribution in [1.82, 2.24) is 9.78 Å². The molecule has 1 amide bonds. The van der Waals surface area contributed by atoms with E-state index in [4.69, 9.17) is 9.68 Å². The summed E-state index contributed by atoms with van der Waals surface area (Å²) in [6, 6.07) is 10.3. The smallest absolute Gasteiger partial charge is 0.349 e. The van der Waals surface area contributed by atoms with Crippen molar-refractivity contribution in [2.24, 2.45) is 7.05 Å². The molecule has 0 spiro atoms. The van der Waals surface area contributed by atoms with Crippen LogP contribution in [0.1, 0.15) is 15.9 Å². The Kier molecular flexibility index (Phi) is 3.20. The van der Waals surface area contributed by atoms with Crippen LogP contribution in [0, 0.1) is 11.3 Å². The monoisotopic (exact) mass is 294 g/mol. The average Bonchev–Trinajstić information content (AvgIpc) is 2.87. The zero-order chi connectivity index (χ0) is 15.7. The zero-order valence-corrected chi connectivity index (χ0v) is 11.5. The number of amides is 1. The first-order valence-electron chi connectivity index (χ1n) is 6.36. The van der Waals surface area contributed by atoms with Crippen LogP contribution in [0.25, 0.3) is 11.0 Å². The van der Waals surface area contributed by atoms with Gasteiger partial charge in [0, 0.05) is 12.4 Å². The summed E-state index contributed by atoms with van der Waals surface area (Å²) in [5.74, 6) is -0.431. The molecule has 0 fully saturated rings. The van der Waals surface area contributed by atoms with Crippen molar-refractivity contribution in [3.8, 4) is 6.07 Å². The predicted octanol–water partition coefficient (Wildman–Crippen LogP) is 1.65. The van der Waals surface area contributed by atoms with E-state index in [2.05, 4.69) is 10.4 Å². The molecule has 0 unspecified atom stereocenters. The molecule has 3 rings (SSSR count). The fourth-order valence-corrected chi connectivity index (χ4v) is 2.06. The van der Waals surface area contributed by atoms with Crippen LogP contribution in [0.3, 0.4) is 0 Å². The van der Waals surface area contributed by atoms with E-state index in [9.17, 15) is 9.59 Å². The Labute approximate surface area is 124 Å². The van der Waals surface area contributed by atoms with Crippen molar-refractivity contribution in [3.63, 3.8) is 0 Å². The predicted molar refractivity (Wildman–Crippen MR) is 78.4 cm³/mol. The molecule has 0 atom stereocenters. The van der Waals surface area contributed by atoms with Gasteiger partial charge in [-0.05, 0) is 12.1 Å². The van der Waals surface area contributed by atoms with Gasteiger partial charge in [0.05, 0.1) is 6.20 Å². The molecule has 0 saturated carbocycles. The Morgan fingerprint density at radius 3 is 2.95 bits per heavy atom. The third-order valence-corrected chi connectivity index (χ3v) is 3.18. The molecule has 108 valence electrons. The molecule has 0 aliphatic rings. The summed E-state index contributed by atoms with van der Waals surface area (Å²) in [7, 11) is 1.58. The number of carbonyl (C=O) groups excluding carboxylic acids is 1. The van der Waals surface area contributed by atoms with Gasteiger partial charge in [-0.2, -0.15) is 10.4 Å². The largest absolute Gasteiger partial charge is 0.422 e. The summed E-state index contributed by atoms with van der Waals surface area (Å²) in [5.41, 5.74) is -0.260. The summed E-state index contributed by atoms with van der Waals surface area (Å²) in [5, 5.41) is 16.0. The Morgan fingerprint density at radius 2 is 2.18 bits per heavy atom. The lowest BCUT2D eigenvalue weighted by atomic mass is 10.2. The van der Waals surface area contributed by atoms with Crippen LogP contribution in [0.4, 0.5) is 5.82 Å². The maximum atomic E-state index is 12.3. The SMILES string of the molecule is Cn1ncc(C#N)c1NC(=O)c1cc2ccccc2oc1=O. The minimum atomic E-state index is -0.739. The molecule has 3 aromatic rings. The second-order valence-electron chi connectivity index (χ2n) is 4.58. The Hall–Kier alpha value is -3.40. The van der Waals surface area contributed by atoms with E-state index in [0.29, 0.717) is 11.0 Å². The summed E-state index contributed by atoms with van der Waals surface area (Å²) in [6.07, 6.45) is 1.33. The molecule has 2 aromatic heterocycles. The average molecular weight is 294 g/mol. The summed E-state index contributed by atoms with van der Waals surface area (Å²) in [4.78, 5) is 24.2. The zero-order valence-electron chi connectivity index (χ0n) is 11.5. The number of hydrogen-bond donors (Lipinski definition) is 1. The van der Waals surface area contributed by atoms with Crippen molar-refractivity contribution < 1.29 is 9.21 Å². The van der Waals surface area contributed by atoms with Crippen LogP contribution < -0.4 is 10.9 Å². The molecular weight excluding hydrogens is 284 g/mol. The second kappa shape index (κ2) is 5.18. The normalized spacial score (nSPS) is 10.4. The molecule has 1 aromatic carbocycles. The Balaban J connectivity index is 2.02. The van der Waals surface area contributed by atoms with E-state index in [1.807, 2.05) is 6.07 Å². The lowest BCUT2D eigenvalue weighted by molar-refractivity contribution is 0.102. The first-order valence-corrected chi connectivity index (χ1v) is 6.36. The molecule has 1 N–H and O–H groups in total. The van der Waals surface area contributed by atoms with Crippen molar-refractivity contribution in [3.05, 3.63) is 58.1 Å². The number of para-hydroxylation sites is 1. The van der Waals surface area contributed by atoms with E-state index in [1.165, 1.54) is 16.9 Å². The van der Waals surface area contributed by atoms with Crippen molar-refractivity contribution in [2.75, 3.05) is 5.32 Å². The highest BCUT2D eigenvalue weighted by Crippen LogP contribution is 2.16. The van der Waals surface area contributed by atoms with Gasteiger partial charge < -0.3 is 9.73 Å². The number of hydrogen-bond acceptors (Lipinski definition) is 5. The number of rotatable bonds is 2. The summed E-state index contributed by atoms with van der Waals surface area (Å²) in [6.45, 7) is 0. The van der Waals surface area contributed by atoms with Crippen molar-refractivity contribution in [1.29, 1.82) is 5.26 Å². The van der Waals surface area contributed by atoms with Crippen LogP contribution >= 0.6 is 0 Å². The molecule has 22 heavy (non-hydrogen) atoms. The Morgan fingerprint density at radius 1 is 1.41 bits per heavy atom. The maximum Gasteiger partial charge on any atom is 0.349 e. The highest BCUT2D eigenvalue weighted by molar-refractivity contribution is 6.05. The quantitative estimate of drug-likeness (QED) is 0.724. The van der Waals surface area contributed by atoms with Crippen molar-refractivity contribution in [2.45, 2.75) is 0 Å². The second-order valence-corrected chi connectivity index (χ2v) is 4.58. The third kappa shape index (κ3) is 2.23. The van der Waals surface area contributed by atoms with Gasteiger partial charge in [-0.1, -0.05) is 18.2 Å². The lowest BCUT2D eigenvalue weighted by Gasteiger charge is -2.06. The highest BCUT2D eigenvalue weighted by Gasteiger charge is 2.17. The fourth-order valence-electron chi connectivity index (χ4n) is 2.06. The summed E-state index contributed by atoms with van der Waals surface area (Å²) < 4.78 is 6.46. The van der Waals surface area contributed by atoms with E-state index in [0.717, 1.165) is 0 Å². The van der Waals surface area contributed by atoms with Crippen LogP contribution in [0.5, 0.6) is 0 Å². The Bertz CT molecular complexity index is 978. The maximum absolute atomic E-state index is 12.3. The van der Waals surface area contributed by atoms with E-state index < -0.39 is 11.5 Å². The fraction of sp³-hybridized carbons (Fsp3) is 0.0667. The number of nitrogens with zero attached hydrogens (tertiary/aromatic N) is 3. The van der Waals surface area contributed by atoms with Gasteiger partial charge >= 0.3 is 5.63 Å². The highest BCUT2D eigenvalue weighted by atomic mass is 16.4. The number of nitrogens with one attached hydrogen (secondary N) is 1. The van der Waals surface area contributed by atoms with Crippen LogP contribution in [-0.2, 0) is 7.05 Å². The van der Waals surface area contributed by atoms with Gasteiger partial charge in [-0.25, -0.2) is 4.79 Å². The van der Waals surface area contributed by atoms with Gasteiger partial charge in [0.1, 0.15) is 28.6 Å². The summed E-state index contributed by atoms with van der Waals surface area (Å²) >= 11 is 0. The number of nitriles is 1. The molecule has 7 nitrogen and oxygen atoms in total. The van der Waals surface area contributed by atoms with E-state index in [-0.39, 0.29) is 16.9 Å². The molecule has 0 radical (unpaired) electrons. The first kappa shape index (κ1) is 13.6. The molecule has 7 heteroatoms. The molecule has 0 aliphatic carbocycles. The molecule has 0 bridgehead atoms. The van der Waals surface area contributed by atoms with Gasteiger partial charge in [0.25, 0.3) is 5.91 Å². The topological polar surface area (TPSA) is 101 Å². The number of benzene rings is 1. The van der Waals surface area contributed by atoms with Gasteiger partial charge in [0.15, 0.2) is 0 Å². The number of aryl methyl sites for hydroxylation is 1.